The minimum atomic E-state index is -0.551. The fourth-order valence-corrected chi connectivity index (χ4v) is 4.72. The molecule has 0 saturated carbocycles. The lowest BCUT2D eigenvalue weighted by atomic mass is 10.1. The van der Waals surface area contributed by atoms with Gasteiger partial charge in [0.25, 0.3) is 5.91 Å². The van der Waals surface area contributed by atoms with Crippen LogP contribution in [0, 0.1) is 0 Å². The molecule has 0 N–H and O–H groups in total. The summed E-state index contributed by atoms with van der Waals surface area (Å²) in [5, 5.41) is 0.937. The molecule has 0 atom stereocenters. The van der Waals surface area contributed by atoms with Gasteiger partial charge in [0.15, 0.2) is 5.11 Å². The molecule has 0 aliphatic carbocycles. The van der Waals surface area contributed by atoms with Crippen LogP contribution in [0.25, 0.3) is 17.0 Å². The maximum Gasteiger partial charge on any atom is 0.325 e. The Kier molecular flexibility index (Phi) is 7.94. The van der Waals surface area contributed by atoms with E-state index < -0.39 is 17.8 Å². The molecule has 9 nitrogen and oxygen atoms in total. The van der Waals surface area contributed by atoms with Gasteiger partial charge in [0.2, 0.25) is 0 Å². The predicted octanol–water partition coefficient (Wildman–Crippen LogP) is 4.12. The molecule has 1 aliphatic heterocycles. The number of anilines is 1. The smallest absolute Gasteiger partial charge is 0.325 e. The summed E-state index contributed by atoms with van der Waals surface area (Å²) in [4.78, 5) is 40.7. The molecule has 0 bridgehead atoms. The van der Waals surface area contributed by atoms with Gasteiger partial charge in [-0.25, -0.2) is 0 Å². The molecule has 11 heteroatoms. The second-order valence-electron chi connectivity index (χ2n) is 7.99. The lowest BCUT2D eigenvalue weighted by Gasteiger charge is -2.19. The van der Waals surface area contributed by atoms with Crippen molar-refractivity contribution in [2.24, 2.45) is 0 Å². The van der Waals surface area contributed by atoms with Crippen molar-refractivity contribution in [1.29, 1.82) is 0 Å². The molecule has 1 amide bonds. The number of fused-ring (bicyclic) bond motifs is 1. The number of hydrogen-bond acceptors (Lipinski definition) is 7. The summed E-state index contributed by atoms with van der Waals surface area (Å²) >= 11 is 9.12. The maximum absolute atomic E-state index is 13.7. The van der Waals surface area contributed by atoms with E-state index in [0.29, 0.717) is 23.6 Å². The van der Waals surface area contributed by atoms with Crippen molar-refractivity contribution in [3.8, 4) is 5.75 Å². The Morgan fingerprint density at radius 3 is 2.35 bits per heavy atom. The number of carbonyl (C=O) groups excluding carboxylic acids is 3. The summed E-state index contributed by atoms with van der Waals surface area (Å²) in [6, 6.07) is 12.6. The van der Waals surface area contributed by atoms with Gasteiger partial charge in [-0.05, 0) is 67.7 Å². The second-order valence-corrected chi connectivity index (χ2v) is 9.27. The van der Waals surface area contributed by atoms with E-state index in [1.165, 1.54) is 24.0 Å². The van der Waals surface area contributed by atoms with E-state index in [0.717, 1.165) is 15.4 Å². The standard InChI is InChI=1S/C26H24BrN3O6S/c1-4-36-19-8-6-18(7-9-19)30-25(33)22(29(26(30)37)15-24(32)35-3)11-16-13-28(14-23(31)34-2)21-10-5-17(27)12-20(16)21/h5-13H,4,14-15H2,1-3H3/b22-11-. The second kappa shape index (κ2) is 11.1. The summed E-state index contributed by atoms with van der Waals surface area (Å²) < 4.78 is 17.7. The highest BCUT2D eigenvalue weighted by Gasteiger charge is 2.40. The first-order valence-corrected chi connectivity index (χ1v) is 12.5. The number of halogens is 1. The number of hydrogen-bond donors (Lipinski definition) is 0. The van der Waals surface area contributed by atoms with Crippen LogP contribution in [-0.2, 0) is 30.4 Å². The first-order chi connectivity index (χ1) is 17.8. The number of thiocarbonyl (C=S) groups is 1. The Bertz CT molecular complexity index is 1420. The van der Waals surface area contributed by atoms with Crippen LogP contribution in [0.4, 0.5) is 5.69 Å². The minimum Gasteiger partial charge on any atom is -0.494 e. The largest absolute Gasteiger partial charge is 0.494 e. The van der Waals surface area contributed by atoms with Crippen molar-refractivity contribution < 1.29 is 28.6 Å². The minimum absolute atomic E-state index is 0.00561. The van der Waals surface area contributed by atoms with Crippen molar-refractivity contribution in [1.82, 2.24) is 9.47 Å². The summed E-state index contributed by atoms with van der Waals surface area (Å²) in [5.74, 6) is -0.700. The SMILES string of the molecule is CCOc1ccc(N2C(=O)/C(=C/c3cn(CC(=O)OC)c4ccc(Br)cc34)N(CC(=O)OC)C2=S)cc1. The lowest BCUT2D eigenvalue weighted by Crippen LogP contribution is -2.35. The monoisotopic (exact) mass is 585 g/mol. The van der Waals surface area contributed by atoms with Crippen LogP contribution in [0.2, 0.25) is 0 Å². The van der Waals surface area contributed by atoms with Gasteiger partial charge < -0.3 is 23.7 Å². The van der Waals surface area contributed by atoms with Crippen molar-refractivity contribution in [2.45, 2.75) is 13.5 Å². The van der Waals surface area contributed by atoms with E-state index >= 15 is 0 Å². The van der Waals surface area contributed by atoms with Crippen molar-refractivity contribution in [2.75, 3.05) is 32.3 Å². The number of benzene rings is 2. The first kappa shape index (κ1) is 26.4. The Morgan fingerprint density at radius 2 is 1.70 bits per heavy atom. The number of aromatic nitrogens is 1. The Labute approximate surface area is 227 Å². The number of methoxy groups -OCH3 is 2. The van der Waals surface area contributed by atoms with Crippen molar-refractivity contribution in [3.05, 3.63) is 64.4 Å². The van der Waals surface area contributed by atoms with Gasteiger partial charge in [-0.1, -0.05) is 15.9 Å². The Hall–Kier alpha value is -3.70. The number of carbonyl (C=O) groups is 3. The van der Waals surface area contributed by atoms with Crippen molar-refractivity contribution >= 4 is 73.8 Å². The first-order valence-electron chi connectivity index (χ1n) is 11.3. The van der Waals surface area contributed by atoms with Crippen LogP contribution >= 0.6 is 28.1 Å². The van der Waals surface area contributed by atoms with E-state index in [1.54, 1.807) is 41.1 Å². The van der Waals surface area contributed by atoms with Gasteiger partial charge in [0.1, 0.15) is 24.5 Å². The van der Waals surface area contributed by atoms with Crippen molar-refractivity contribution in [3.63, 3.8) is 0 Å². The molecule has 1 fully saturated rings. The average molecular weight is 586 g/mol. The molecule has 2 aromatic carbocycles. The van der Waals surface area contributed by atoms with Crippen LogP contribution < -0.4 is 9.64 Å². The molecule has 0 radical (unpaired) electrons. The number of ether oxygens (including phenoxy) is 3. The molecule has 37 heavy (non-hydrogen) atoms. The third-order valence-electron chi connectivity index (χ3n) is 5.75. The quantitative estimate of drug-likeness (QED) is 0.221. The highest BCUT2D eigenvalue weighted by molar-refractivity contribution is 9.10. The van der Waals surface area contributed by atoms with E-state index in [4.69, 9.17) is 26.4 Å². The normalized spacial score (nSPS) is 14.5. The summed E-state index contributed by atoms with van der Waals surface area (Å²) in [6.07, 6.45) is 3.42. The molecule has 3 aromatic rings. The molecule has 1 aromatic heterocycles. The van der Waals surface area contributed by atoms with Gasteiger partial charge in [0.05, 0.1) is 26.5 Å². The highest BCUT2D eigenvalue weighted by Crippen LogP contribution is 2.33. The molecule has 1 aliphatic rings. The van der Waals surface area contributed by atoms with Crippen LogP contribution in [0.1, 0.15) is 12.5 Å². The van der Waals surface area contributed by atoms with Gasteiger partial charge in [-0.2, -0.15) is 0 Å². The zero-order valence-electron chi connectivity index (χ0n) is 20.4. The maximum atomic E-state index is 13.7. The number of rotatable bonds is 8. The fourth-order valence-electron chi connectivity index (χ4n) is 4.01. The number of nitrogens with zero attached hydrogens (tertiary/aromatic N) is 3. The van der Waals surface area contributed by atoms with E-state index in [-0.39, 0.29) is 23.9 Å². The average Bonchev–Trinajstić information content (AvgIpc) is 3.33. The Morgan fingerprint density at radius 1 is 1.03 bits per heavy atom. The lowest BCUT2D eigenvalue weighted by molar-refractivity contribution is -0.141. The zero-order valence-corrected chi connectivity index (χ0v) is 22.8. The molecule has 192 valence electrons. The van der Waals surface area contributed by atoms with E-state index in [2.05, 4.69) is 15.9 Å². The van der Waals surface area contributed by atoms with Crippen LogP contribution in [-0.4, -0.2) is 59.8 Å². The van der Waals surface area contributed by atoms with Crippen LogP contribution in [0.3, 0.4) is 0 Å². The summed E-state index contributed by atoms with van der Waals surface area (Å²) in [5.41, 5.74) is 2.17. The Balaban J connectivity index is 1.81. The van der Waals surface area contributed by atoms with Gasteiger partial charge >= 0.3 is 11.9 Å². The number of esters is 2. The number of amides is 1. The predicted molar refractivity (Wildman–Crippen MR) is 146 cm³/mol. The summed E-state index contributed by atoms with van der Waals surface area (Å²) in [7, 11) is 2.60. The molecule has 1 saturated heterocycles. The molecular weight excluding hydrogens is 562 g/mol. The molecule has 0 spiro atoms. The van der Waals surface area contributed by atoms with Gasteiger partial charge in [0, 0.05) is 27.1 Å². The topological polar surface area (TPSA) is 90.3 Å². The third kappa shape index (κ3) is 5.37. The van der Waals surface area contributed by atoms with Crippen LogP contribution in [0.5, 0.6) is 5.75 Å². The summed E-state index contributed by atoms with van der Waals surface area (Å²) in [6.45, 7) is 2.15. The third-order valence-corrected chi connectivity index (χ3v) is 6.65. The molecule has 2 heterocycles. The zero-order chi connectivity index (χ0) is 26.7. The fraction of sp³-hybridized carbons (Fsp3) is 0.231. The van der Waals surface area contributed by atoms with Crippen LogP contribution in [0.15, 0.2) is 58.8 Å². The molecule has 0 unspecified atom stereocenters. The van der Waals surface area contributed by atoms with E-state index in [9.17, 15) is 14.4 Å². The van der Waals surface area contributed by atoms with E-state index in [1.807, 2.05) is 25.1 Å². The van der Waals surface area contributed by atoms with Gasteiger partial charge in [-0.3, -0.25) is 19.3 Å². The highest BCUT2D eigenvalue weighted by atomic mass is 79.9. The van der Waals surface area contributed by atoms with Gasteiger partial charge in [-0.15, -0.1) is 0 Å². The molecular formula is C26H24BrN3O6S. The molecule has 4 rings (SSSR count).